The van der Waals surface area contributed by atoms with Gasteiger partial charge in [-0.15, -0.1) is 0 Å². The monoisotopic (exact) mass is 256 g/mol. The maximum Gasteiger partial charge on any atom is 0.243 e. The molecule has 1 aromatic rings. The molecule has 5 heteroatoms. The van der Waals surface area contributed by atoms with E-state index in [1.165, 1.54) is 4.31 Å². The fraction of sp³-hybridized carbons (Fsp3) is 0.500. The summed E-state index contributed by atoms with van der Waals surface area (Å²) in [5, 5.41) is 0. The van der Waals surface area contributed by atoms with Gasteiger partial charge in [-0.05, 0) is 44.0 Å². The molecule has 0 radical (unpaired) electrons. The Bertz CT molecular complexity index is 497. The Labute approximate surface area is 103 Å². The topological polar surface area (TPSA) is 63.4 Å². The predicted molar refractivity (Wildman–Crippen MR) is 70.3 cm³/mol. The third-order valence-corrected chi connectivity index (χ3v) is 5.20. The summed E-state index contributed by atoms with van der Waals surface area (Å²) in [6, 6.07) is 4.84. The standard InChI is InChI=1S/C12H20N2O2S/c1-5-10(3)14(4)17(15,16)12-7-6-11(13)8-9(12)2/h6-8,10H,5,13H2,1-4H3. The number of nitrogen functional groups attached to an aromatic ring is 1. The van der Waals surface area contributed by atoms with Crippen molar-refractivity contribution in [3.63, 3.8) is 0 Å². The summed E-state index contributed by atoms with van der Waals surface area (Å²) in [5.41, 5.74) is 6.88. The molecule has 0 aliphatic rings. The molecule has 0 saturated heterocycles. The Hall–Kier alpha value is -1.07. The van der Waals surface area contributed by atoms with Gasteiger partial charge in [0.15, 0.2) is 0 Å². The molecule has 0 fully saturated rings. The summed E-state index contributed by atoms with van der Waals surface area (Å²) in [5.74, 6) is 0. The quantitative estimate of drug-likeness (QED) is 0.838. The molecule has 4 nitrogen and oxygen atoms in total. The van der Waals surface area contributed by atoms with E-state index in [0.29, 0.717) is 16.1 Å². The lowest BCUT2D eigenvalue weighted by molar-refractivity contribution is 0.380. The minimum Gasteiger partial charge on any atom is -0.399 e. The van der Waals surface area contributed by atoms with E-state index in [4.69, 9.17) is 5.73 Å². The zero-order valence-electron chi connectivity index (χ0n) is 10.8. The van der Waals surface area contributed by atoms with E-state index >= 15 is 0 Å². The van der Waals surface area contributed by atoms with Crippen LogP contribution in [0.3, 0.4) is 0 Å². The minimum atomic E-state index is -3.42. The number of anilines is 1. The van der Waals surface area contributed by atoms with E-state index in [1.807, 2.05) is 13.8 Å². The number of aryl methyl sites for hydroxylation is 1. The van der Waals surface area contributed by atoms with Gasteiger partial charge in [0.05, 0.1) is 4.90 Å². The number of nitrogens with two attached hydrogens (primary N) is 1. The molecule has 0 bridgehead atoms. The molecule has 1 aromatic carbocycles. The van der Waals surface area contributed by atoms with Crippen LogP contribution in [0, 0.1) is 6.92 Å². The van der Waals surface area contributed by atoms with Crippen LogP contribution < -0.4 is 5.73 Å². The second kappa shape index (κ2) is 5.06. The highest BCUT2D eigenvalue weighted by atomic mass is 32.2. The smallest absolute Gasteiger partial charge is 0.243 e. The highest BCUT2D eigenvalue weighted by Gasteiger charge is 2.25. The molecule has 0 aliphatic heterocycles. The van der Waals surface area contributed by atoms with Crippen LogP contribution in [0.5, 0.6) is 0 Å². The number of hydrogen-bond donors (Lipinski definition) is 1. The Morgan fingerprint density at radius 3 is 2.47 bits per heavy atom. The average molecular weight is 256 g/mol. The molecule has 17 heavy (non-hydrogen) atoms. The predicted octanol–water partition coefficient (Wildman–Crippen LogP) is 2.00. The Balaban J connectivity index is 3.22. The molecule has 0 heterocycles. The molecule has 0 amide bonds. The minimum absolute atomic E-state index is 0.0167. The largest absolute Gasteiger partial charge is 0.399 e. The van der Waals surface area contributed by atoms with Crippen LogP contribution in [0.15, 0.2) is 23.1 Å². The number of benzene rings is 1. The van der Waals surface area contributed by atoms with Crippen molar-refractivity contribution in [2.24, 2.45) is 0 Å². The molecule has 96 valence electrons. The van der Waals surface area contributed by atoms with E-state index in [9.17, 15) is 8.42 Å². The van der Waals surface area contributed by atoms with Crippen molar-refractivity contribution in [3.8, 4) is 0 Å². The number of sulfonamides is 1. The Kier molecular flexibility index (Phi) is 4.16. The summed E-state index contributed by atoms with van der Waals surface area (Å²) < 4.78 is 26.1. The third-order valence-electron chi connectivity index (χ3n) is 3.07. The summed E-state index contributed by atoms with van der Waals surface area (Å²) in [6.07, 6.45) is 0.781. The molecular formula is C12H20N2O2S. The van der Waals surface area contributed by atoms with Crippen LogP contribution in [0.4, 0.5) is 5.69 Å². The van der Waals surface area contributed by atoms with Crippen LogP contribution in [-0.2, 0) is 10.0 Å². The van der Waals surface area contributed by atoms with E-state index < -0.39 is 10.0 Å². The SMILES string of the molecule is CCC(C)N(C)S(=O)(=O)c1ccc(N)cc1C. The van der Waals surface area contributed by atoms with Gasteiger partial charge < -0.3 is 5.73 Å². The molecule has 1 atom stereocenters. The fourth-order valence-electron chi connectivity index (χ4n) is 1.61. The second-order valence-electron chi connectivity index (χ2n) is 4.30. The number of nitrogens with zero attached hydrogens (tertiary/aromatic N) is 1. The fourth-order valence-corrected chi connectivity index (χ4v) is 3.25. The number of rotatable bonds is 4. The molecule has 1 unspecified atom stereocenters. The Morgan fingerprint density at radius 2 is 2.00 bits per heavy atom. The lowest BCUT2D eigenvalue weighted by Gasteiger charge is -2.24. The molecular weight excluding hydrogens is 236 g/mol. The van der Waals surface area contributed by atoms with Crippen molar-refractivity contribution >= 4 is 15.7 Å². The van der Waals surface area contributed by atoms with Gasteiger partial charge in [0.2, 0.25) is 10.0 Å². The first kappa shape index (κ1) is 14.0. The maximum atomic E-state index is 12.3. The normalized spacial score (nSPS) is 13.9. The molecule has 0 aromatic heterocycles. The zero-order valence-corrected chi connectivity index (χ0v) is 11.6. The Morgan fingerprint density at radius 1 is 1.41 bits per heavy atom. The van der Waals surface area contributed by atoms with Crippen molar-refractivity contribution in [1.82, 2.24) is 4.31 Å². The van der Waals surface area contributed by atoms with Gasteiger partial charge in [0.25, 0.3) is 0 Å². The van der Waals surface area contributed by atoms with Crippen molar-refractivity contribution in [3.05, 3.63) is 23.8 Å². The highest BCUT2D eigenvalue weighted by molar-refractivity contribution is 7.89. The van der Waals surface area contributed by atoms with Gasteiger partial charge in [-0.3, -0.25) is 0 Å². The average Bonchev–Trinajstić information content (AvgIpc) is 2.26. The van der Waals surface area contributed by atoms with E-state index in [0.717, 1.165) is 6.42 Å². The summed E-state index contributed by atoms with van der Waals surface area (Å²) >= 11 is 0. The van der Waals surface area contributed by atoms with E-state index in [1.54, 1.807) is 32.2 Å². The molecule has 1 rings (SSSR count). The van der Waals surface area contributed by atoms with Gasteiger partial charge in [-0.1, -0.05) is 6.92 Å². The second-order valence-corrected chi connectivity index (χ2v) is 6.27. The summed E-state index contributed by atoms with van der Waals surface area (Å²) in [4.78, 5) is 0.328. The van der Waals surface area contributed by atoms with Crippen molar-refractivity contribution in [2.75, 3.05) is 12.8 Å². The van der Waals surface area contributed by atoms with Crippen LogP contribution in [0.1, 0.15) is 25.8 Å². The van der Waals surface area contributed by atoms with Crippen LogP contribution in [-0.4, -0.2) is 25.8 Å². The van der Waals surface area contributed by atoms with E-state index in [-0.39, 0.29) is 6.04 Å². The molecule has 0 aliphatic carbocycles. The lowest BCUT2D eigenvalue weighted by Crippen LogP contribution is -2.34. The van der Waals surface area contributed by atoms with Crippen LogP contribution in [0.25, 0.3) is 0 Å². The molecule has 0 saturated carbocycles. The lowest BCUT2D eigenvalue weighted by atomic mass is 10.2. The summed E-state index contributed by atoms with van der Waals surface area (Å²) in [7, 11) is -1.81. The van der Waals surface area contributed by atoms with Crippen molar-refractivity contribution in [2.45, 2.75) is 38.1 Å². The van der Waals surface area contributed by atoms with Gasteiger partial charge in [-0.25, -0.2) is 8.42 Å². The van der Waals surface area contributed by atoms with Crippen molar-refractivity contribution < 1.29 is 8.42 Å². The summed E-state index contributed by atoms with van der Waals surface area (Å²) in [6.45, 7) is 5.62. The third kappa shape index (κ3) is 2.79. The molecule has 2 N–H and O–H groups in total. The first-order valence-electron chi connectivity index (χ1n) is 5.64. The van der Waals surface area contributed by atoms with Crippen LogP contribution >= 0.6 is 0 Å². The first-order chi connectivity index (χ1) is 7.80. The highest BCUT2D eigenvalue weighted by Crippen LogP contribution is 2.22. The van der Waals surface area contributed by atoms with Gasteiger partial charge in [0, 0.05) is 18.8 Å². The van der Waals surface area contributed by atoms with Gasteiger partial charge in [0.1, 0.15) is 0 Å². The van der Waals surface area contributed by atoms with Gasteiger partial charge in [-0.2, -0.15) is 4.31 Å². The molecule has 0 spiro atoms. The van der Waals surface area contributed by atoms with Gasteiger partial charge >= 0.3 is 0 Å². The first-order valence-corrected chi connectivity index (χ1v) is 7.08. The zero-order chi connectivity index (χ0) is 13.2. The van der Waals surface area contributed by atoms with Crippen LogP contribution in [0.2, 0.25) is 0 Å². The van der Waals surface area contributed by atoms with E-state index in [2.05, 4.69) is 0 Å². The maximum absolute atomic E-state index is 12.3. The number of hydrogen-bond acceptors (Lipinski definition) is 3. The van der Waals surface area contributed by atoms with Crippen molar-refractivity contribution in [1.29, 1.82) is 0 Å².